The van der Waals surface area contributed by atoms with E-state index in [1.54, 1.807) is 17.3 Å². The van der Waals surface area contributed by atoms with E-state index in [4.69, 9.17) is 5.41 Å². The van der Waals surface area contributed by atoms with Crippen LogP contribution in [0.3, 0.4) is 0 Å². The van der Waals surface area contributed by atoms with Crippen molar-refractivity contribution >= 4 is 22.4 Å². The summed E-state index contributed by atoms with van der Waals surface area (Å²) in [6.07, 6.45) is 3.49. The molecule has 0 radical (unpaired) electrons. The van der Waals surface area contributed by atoms with E-state index in [-0.39, 0.29) is 11.6 Å². The van der Waals surface area contributed by atoms with Crippen LogP contribution in [0.5, 0.6) is 0 Å². The third-order valence-corrected chi connectivity index (χ3v) is 4.15. The number of aromatic amines is 1. The molecule has 6 nitrogen and oxygen atoms in total. The molecule has 1 aromatic carbocycles. The van der Waals surface area contributed by atoms with Crippen molar-refractivity contribution in [2.24, 2.45) is 0 Å². The molecule has 2 aromatic heterocycles. The third-order valence-electron chi connectivity index (χ3n) is 4.15. The lowest BCUT2D eigenvalue weighted by Gasteiger charge is -2.18. The van der Waals surface area contributed by atoms with E-state index in [0.29, 0.717) is 24.5 Å². The third kappa shape index (κ3) is 2.42. The van der Waals surface area contributed by atoms with Gasteiger partial charge in [0, 0.05) is 18.9 Å². The van der Waals surface area contributed by atoms with Crippen molar-refractivity contribution < 1.29 is 5.11 Å². The van der Waals surface area contributed by atoms with Gasteiger partial charge in [-0.2, -0.15) is 0 Å². The van der Waals surface area contributed by atoms with Crippen LogP contribution in [0.25, 0.3) is 16.6 Å². The molecule has 0 spiro atoms. The van der Waals surface area contributed by atoms with Crippen LogP contribution in [0.2, 0.25) is 0 Å². The molecule has 0 unspecified atom stereocenters. The molecule has 3 aromatic rings. The number of amidine groups is 1. The van der Waals surface area contributed by atoms with Gasteiger partial charge >= 0.3 is 0 Å². The van der Waals surface area contributed by atoms with Crippen LogP contribution < -0.4 is 0 Å². The minimum atomic E-state index is 0.166. The van der Waals surface area contributed by atoms with Gasteiger partial charge in [-0.05, 0) is 36.2 Å². The second kappa shape index (κ2) is 5.49. The van der Waals surface area contributed by atoms with Gasteiger partial charge in [0.25, 0.3) is 0 Å². The van der Waals surface area contributed by atoms with Gasteiger partial charge in [-0.25, -0.2) is 4.98 Å². The Labute approximate surface area is 139 Å². The SMILES string of the molecule is Cc1ccc2nc(C3=C(O)CN(Cc4cccnc4)C3=N)[nH]c2c1. The summed E-state index contributed by atoms with van der Waals surface area (Å²) in [5.74, 6) is 0.971. The molecule has 3 N–H and O–H groups in total. The Balaban J connectivity index is 1.64. The van der Waals surface area contributed by atoms with Crippen molar-refractivity contribution in [3.05, 3.63) is 65.4 Å². The van der Waals surface area contributed by atoms with Crippen LogP contribution in [0.15, 0.2) is 48.5 Å². The summed E-state index contributed by atoms with van der Waals surface area (Å²) in [5, 5.41) is 18.8. The molecule has 6 heteroatoms. The average molecular weight is 319 g/mol. The first-order valence-corrected chi connectivity index (χ1v) is 7.73. The average Bonchev–Trinajstić information content (AvgIpc) is 3.08. The first kappa shape index (κ1) is 14.4. The summed E-state index contributed by atoms with van der Waals surface area (Å²) in [5.41, 5.74) is 4.33. The highest BCUT2D eigenvalue weighted by molar-refractivity contribution is 6.23. The standard InChI is InChI=1S/C18H17N5O/c1-11-4-5-13-14(7-11)22-18(21-13)16-15(24)10-23(17(16)19)9-12-3-2-6-20-8-12/h2-8,19,24H,9-10H2,1H3,(H,21,22). The molecule has 1 aliphatic heterocycles. The molecule has 0 aliphatic carbocycles. The first-order valence-electron chi connectivity index (χ1n) is 7.73. The monoisotopic (exact) mass is 319 g/mol. The normalized spacial score (nSPS) is 14.9. The largest absolute Gasteiger partial charge is 0.510 e. The molecule has 120 valence electrons. The molecule has 0 saturated heterocycles. The minimum Gasteiger partial charge on any atom is -0.510 e. The number of aliphatic hydroxyl groups excluding tert-OH is 1. The van der Waals surface area contributed by atoms with Crippen LogP contribution in [0.4, 0.5) is 0 Å². The van der Waals surface area contributed by atoms with Crippen molar-refractivity contribution in [1.29, 1.82) is 5.41 Å². The van der Waals surface area contributed by atoms with Gasteiger partial charge in [0.15, 0.2) is 0 Å². The number of hydrogen-bond acceptors (Lipinski definition) is 4. The summed E-state index contributed by atoms with van der Waals surface area (Å²) in [7, 11) is 0. The van der Waals surface area contributed by atoms with Crippen molar-refractivity contribution in [2.45, 2.75) is 13.5 Å². The van der Waals surface area contributed by atoms with Crippen LogP contribution in [-0.4, -0.2) is 37.3 Å². The fraction of sp³-hybridized carbons (Fsp3) is 0.167. The van der Waals surface area contributed by atoms with Crippen molar-refractivity contribution in [3.8, 4) is 0 Å². The predicted molar refractivity (Wildman–Crippen MR) is 92.8 cm³/mol. The molecular weight excluding hydrogens is 302 g/mol. The summed E-state index contributed by atoms with van der Waals surface area (Å²) in [6, 6.07) is 9.77. The maximum Gasteiger partial charge on any atom is 0.145 e. The van der Waals surface area contributed by atoms with E-state index < -0.39 is 0 Å². The molecule has 24 heavy (non-hydrogen) atoms. The predicted octanol–water partition coefficient (Wildman–Crippen LogP) is 3.03. The number of aromatic nitrogens is 3. The van der Waals surface area contributed by atoms with Crippen molar-refractivity contribution in [2.75, 3.05) is 6.54 Å². The van der Waals surface area contributed by atoms with E-state index in [9.17, 15) is 5.11 Å². The van der Waals surface area contributed by atoms with Crippen LogP contribution >= 0.6 is 0 Å². The first-order chi connectivity index (χ1) is 11.6. The van der Waals surface area contributed by atoms with Gasteiger partial charge in [-0.3, -0.25) is 10.4 Å². The Morgan fingerprint density at radius 2 is 2.21 bits per heavy atom. The second-order valence-electron chi connectivity index (χ2n) is 5.99. The zero-order valence-corrected chi connectivity index (χ0v) is 13.2. The molecule has 0 bridgehead atoms. The van der Waals surface area contributed by atoms with E-state index in [1.807, 2.05) is 37.3 Å². The number of aliphatic hydroxyl groups is 1. The Hall–Kier alpha value is -3.15. The molecule has 3 heterocycles. The number of fused-ring (bicyclic) bond motifs is 1. The number of benzene rings is 1. The van der Waals surface area contributed by atoms with Gasteiger partial charge in [0.2, 0.25) is 0 Å². The molecule has 0 fully saturated rings. The number of H-pyrrole nitrogens is 1. The number of aryl methyl sites for hydroxylation is 1. The number of pyridine rings is 1. The van der Waals surface area contributed by atoms with Crippen LogP contribution in [-0.2, 0) is 6.54 Å². The van der Waals surface area contributed by atoms with Gasteiger partial charge in [-0.1, -0.05) is 12.1 Å². The quantitative estimate of drug-likeness (QED) is 0.692. The lowest BCUT2D eigenvalue weighted by molar-refractivity contribution is 0.346. The summed E-state index contributed by atoms with van der Waals surface area (Å²) >= 11 is 0. The van der Waals surface area contributed by atoms with E-state index in [2.05, 4.69) is 15.0 Å². The summed E-state index contributed by atoms with van der Waals surface area (Å²) in [6.45, 7) is 2.85. The lowest BCUT2D eigenvalue weighted by atomic mass is 10.2. The zero-order chi connectivity index (χ0) is 16.7. The molecule has 4 rings (SSSR count). The number of nitrogens with zero attached hydrogens (tertiary/aromatic N) is 3. The van der Waals surface area contributed by atoms with Crippen LogP contribution in [0, 0.1) is 12.3 Å². The molecule has 1 aliphatic rings. The molecule has 0 amide bonds. The van der Waals surface area contributed by atoms with E-state index in [0.717, 1.165) is 22.2 Å². The topological polar surface area (TPSA) is 88.9 Å². The highest BCUT2D eigenvalue weighted by Gasteiger charge is 2.30. The lowest BCUT2D eigenvalue weighted by Crippen LogP contribution is -2.26. The number of rotatable bonds is 3. The van der Waals surface area contributed by atoms with Gasteiger partial charge in [0.1, 0.15) is 17.4 Å². The fourth-order valence-corrected chi connectivity index (χ4v) is 2.97. The maximum atomic E-state index is 10.4. The van der Waals surface area contributed by atoms with E-state index in [1.165, 1.54) is 0 Å². The fourth-order valence-electron chi connectivity index (χ4n) is 2.97. The molecule has 0 atom stereocenters. The zero-order valence-electron chi connectivity index (χ0n) is 13.2. The highest BCUT2D eigenvalue weighted by Crippen LogP contribution is 2.28. The Bertz CT molecular complexity index is 958. The highest BCUT2D eigenvalue weighted by atomic mass is 16.3. The van der Waals surface area contributed by atoms with Gasteiger partial charge < -0.3 is 15.0 Å². The van der Waals surface area contributed by atoms with Crippen LogP contribution in [0.1, 0.15) is 17.0 Å². The second-order valence-corrected chi connectivity index (χ2v) is 5.99. The Kier molecular flexibility index (Phi) is 3.30. The smallest absolute Gasteiger partial charge is 0.145 e. The van der Waals surface area contributed by atoms with E-state index >= 15 is 0 Å². The van der Waals surface area contributed by atoms with Crippen molar-refractivity contribution in [3.63, 3.8) is 0 Å². The van der Waals surface area contributed by atoms with Crippen molar-refractivity contribution in [1.82, 2.24) is 19.9 Å². The Morgan fingerprint density at radius 1 is 1.33 bits per heavy atom. The number of nitrogens with one attached hydrogen (secondary N) is 2. The minimum absolute atomic E-state index is 0.166. The molecular formula is C18H17N5O. The molecule has 0 saturated carbocycles. The number of imidazole rings is 1. The summed E-state index contributed by atoms with van der Waals surface area (Å²) in [4.78, 5) is 13.6. The van der Waals surface area contributed by atoms with Gasteiger partial charge in [0.05, 0.1) is 23.2 Å². The summed E-state index contributed by atoms with van der Waals surface area (Å²) < 4.78 is 0. The Morgan fingerprint density at radius 3 is 3.00 bits per heavy atom. The number of hydrogen-bond donors (Lipinski definition) is 3. The van der Waals surface area contributed by atoms with Gasteiger partial charge in [-0.15, -0.1) is 0 Å². The maximum absolute atomic E-state index is 10.4.